The second-order valence-electron chi connectivity index (χ2n) is 6.61. The Morgan fingerprint density at radius 3 is 2.48 bits per heavy atom. The molecule has 3 heteroatoms. The fourth-order valence-corrected chi connectivity index (χ4v) is 3.34. The van der Waals surface area contributed by atoms with Crippen molar-refractivity contribution in [3.05, 3.63) is 35.4 Å². The Morgan fingerprint density at radius 1 is 1.24 bits per heavy atom. The Kier molecular flexibility index (Phi) is 5.04. The summed E-state index contributed by atoms with van der Waals surface area (Å²) in [7, 11) is 0. The molecule has 3 unspecified atom stereocenters. The first-order valence-electron chi connectivity index (χ1n) is 8.09. The molecule has 116 valence electrons. The zero-order valence-electron chi connectivity index (χ0n) is 13.9. The van der Waals surface area contributed by atoms with Crippen molar-refractivity contribution in [1.29, 1.82) is 0 Å². The van der Waals surface area contributed by atoms with Crippen LogP contribution in [0.4, 0.5) is 0 Å². The quantitative estimate of drug-likeness (QED) is 0.897. The van der Waals surface area contributed by atoms with Gasteiger partial charge in [-0.3, -0.25) is 10.1 Å². The standard InChI is InChI=1S/C18H28N2O/c1-6-16-18(21)20(14(5)11-12(2)3)17(19-16)15-10-8-7-9-13(15)4/h7-10,12,14,16-17,19H,6,11H2,1-5H3. The van der Waals surface area contributed by atoms with Crippen molar-refractivity contribution in [1.82, 2.24) is 10.2 Å². The summed E-state index contributed by atoms with van der Waals surface area (Å²) >= 11 is 0. The monoisotopic (exact) mass is 288 g/mol. The summed E-state index contributed by atoms with van der Waals surface area (Å²) in [6.07, 6.45) is 1.88. The molecule has 1 amide bonds. The van der Waals surface area contributed by atoms with Crippen molar-refractivity contribution in [3.63, 3.8) is 0 Å². The second kappa shape index (κ2) is 6.61. The van der Waals surface area contributed by atoms with Crippen LogP contribution in [0.2, 0.25) is 0 Å². The first-order valence-corrected chi connectivity index (χ1v) is 8.09. The highest BCUT2D eigenvalue weighted by Gasteiger charge is 2.41. The topological polar surface area (TPSA) is 32.3 Å². The summed E-state index contributed by atoms with van der Waals surface area (Å²) in [5.41, 5.74) is 2.46. The van der Waals surface area contributed by atoms with Crippen LogP contribution in [0.3, 0.4) is 0 Å². The number of carbonyl (C=O) groups is 1. The third-order valence-electron chi connectivity index (χ3n) is 4.37. The van der Waals surface area contributed by atoms with Crippen molar-refractivity contribution < 1.29 is 4.79 Å². The van der Waals surface area contributed by atoms with E-state index in [4.69, 9.17) is 0 Å². The van der Waals surface area contributed by atoms with Gasteiger partial charge in [-0.1, -0.05) is 45.0 Å². The second-order valence-corrected chi connectivity index (χ2v) is 6.61. The molecule has 0 bridgehead atoms. The lowest BCUT2D eigenvalue weighted by molar-refractivity contribution is -0.132. The molecule has 1 saturated heterocycles. The van der Waals surface area contributed by atoms with E-state index >= 15 is 0 Å². The highest BCUT2D eigenvalue weighted by atomic mass is 16.2. The van der Waals surface area contributed by atoms with E-state index in [0.29, 0.717) is 5.92 Å². The van der Waals surface area contributed by atoms with Gasteiger partial charge in [0.1, 0.15) is 6.17 Å². The van der Waals surface area contributed by atoms with E-state index in [1.54, 1.807) is 0 Å². The molecule has 21 heavy (non-hydrogen) atoms. The molecular weight excluding hydrogens is 260 g/mol. The zero-order valence-corrected chi connectivity index (χ0v) is 13.9. The molecule has 2 rings (SSSR count). The summed E-state index contributed by atoms with van der Waals surface area (Å²) in [6.45, 7) is 10.8. The minimum Gasteiger partial charge on any atom is -0.319 e. The maximum absolute atomic E-state index is 12.7. The minimum atomic E-state index is -0.0516. The predicted molar refractivity (Wildman–Crippen MR) is 86.9 cm³/mol. The Bertz CT molecular complexity index is 498. The third-order valence-corrected chi connectivity index (χ3v) is 4.37. The average Bonchev–Trinajstić information content (AvgIpc) is 2.75. The predicted octanol–water partition coefficient (Wildman–Crippen LogP) is 3.64. The maximum Gasteiger partial charge on any atom is 0.241 e. The molecule has 1 heterocycles. The van der Waals surface area contributed by atoms with Crippen molar-refractivity contribution in [2.24, 2.45) is 5.92 Å². The Labute approximate surface area is 128 Å². The van der Waals surface area contributed by atoms with Crippen LogP contribution in [-0.2, 0) is 4.79 Å². The number of rotatable bonds is 5. The molecule has 1 aliphatic rings. The van der Waals surface area contributed by atoms with E-state index in [-0.39, 0.29) is 24.2 Å². The molecule has 1 N–H and O–H groups in total. The first kappa shape index (κ1) is 16.0. The largest absolute Gasteiger partial charge is 0.319 e. The number of amides is 1. The summed E-state index contributed by atoms with van der Waals surface area (Å²) in [5.74, 6) is 0.838. The van der Waals surface area contributed by atoms with Gasteiger partial charge in [0.25, 0.3) is 0 Å². The van der Waals surface area contributed by atoms with Gasteiger partial charge in [0.05, 0.1) is 6.04 Å². The zero-order chi connectivity index (χ0) is 15.6. The summed E-state index contributed by atoms with van der Waals surface area (Å²) in [6, 6.07) is 8.56. The first-order chi connectivity index (χ1) is 9.95. The van der Waals surface area contributed by atoms with Gasteiger partial charge in [-0.2, -0.15) is 0 Å². The Morgan fingerprint density at radius 2 is 1.90 bits per heavy atom. The number of nitrogens with one attached hydrogen (secondary N) is 1. The Hall–Kier alpha value is -1.35. The Balaban J connectivity index is 2.33. The van der Waals surface area contributed by atoms with Crippen molar-refractivity contribution in [2.75, 3.05) is 0 Å². The van der Waals surface area contributed by atoms with Gasteiger partial charge in [-0.25, -0.2) is 0 Å². The highest BCUT2D eigenvalue weighted by Crippen LogP contribution is 2.31. The summed E-state index contributed by atoms with van der Waals surface area (Å²) in [5, 5.41) is 3.53. The number of nitrogens with zero attached hydrogens (tertiary/aromatic N) is 1. The molecular formula is C18H28N2O. The summed E-state index contributed by atoms with van der Waals surface area (Å²) < 4.78 is 0. The van der Waals surface area contributed by atoms with E-state index in [9.17, 15) is 4.79 Å². The molecule has 3 atom stereocenters. The fourth-order valence-electron chi connectivity index (χ4n) is 3.34. The van der Waals surface area contributed by atoms with E-state index in [2.05, 4.69) is 69.1 Å². The van der Waals surface area contributed by atoms with Gasteiger partial charge in [0, 0.05) is 6.04 Å². The third kappa shape index (κ3) is 3.29. The smallest absolute Gasteiger partial charge is 0.241 e. The molecule has 3 nitrogen and oxygen atoms in total. The molecule has 0 saturated carbocycles. The van der Waals surface area contributed by atoms with E-state index in [0.717, 1.165) is 12.8 Å². The van der Waals surface area contributed by atoms with Crippen LogP contribution in [-0.4, -0.2) is 22.9 Å². The van der Waals surface area contributed by atoms with E-state index in [1.165, 1.54) is 11.1 Å². The highest BCUT2D eigenvalue weighted by molar-refractivity contribution is 5.84. The molecule has 1 fully saturated rings. The van der Waals surface area contributed by atoms with Crippen LogP contribution in [0.15, 0.2) is 24.3 Å². The van der Waals surface area contributed by atoms with Crippen LogP contribution >= 0.6 is 0 Å². The number of hydrogen-bond acceptors (Lipinski definition) is 2. The molecule has 1 aromatic carbocycles. The normalized spacial score (nSPS) is 23.9. The van der Waals surface area contributed by atoms with Crippen LogP contribution in [0.1, 0.15) is 57.8 Å². The number of benzene rings is 1. The molecule has 1 aromatic rings. The molecule has 1 aliphatic heterocycles. The molecule has 0 aliphatic carbocycles. The van der Waals surface area contributed by atoms with Gasteiger partial charge in [-0.15, -0.1) is 0 Å². The fraction of sp³-hybridized carbons (Fsp3) is 0.611. The van der Waals surface area contributed by atoms with Gasteiger partial charge in [0.2, 0.25) is 5.91 Å². The van der Waals surface area contributed by atoms with Crippen LogP contribution in [0.25, 0.3) is 0 Å². The maximum atomic E-state index is 12.7. The molecule has 0 aromatic heterocycles. The van der Waals surface area contributed by atoms with Gasteiger partial charge < -0.3 is 4.90 Å². The van der Waals surface area contributed by atoms with Crippen molar-refractivity contribution in [3.8, 4) is 0 Å². The van der Waals surface area contributed by atoms with Crippen LogP contribution in [0, 0.1) is 12.8 Å². The lowest BCUT2D eigenvalue weighted by Gasteiger charge is -2.32. The SMILES string of the molecule is CCC1NC(c2ccccc2C)N(C(C)CC(C)C)C1=O. The minimum absolute atomic E-state index is 0.0115. The van der Waals surface area contributed by atoms with Gasteiger partial charge in [-0.05, 0) is 43.7 Å². The summed E-state index contributed by atoms with van der Waals surface area (Å²) in [4.78, 5) is 14.8. The number of hydrogen-bond donors (Lipinski definition) is 1. The van der Waals surface area contributed by atoms with Gasteiger partial charge >= 0.3 is 0 Å². The number of carbonyl (C=O) groups excluding carboxylic acids is 1. The van der Waals surface area contributed by atoms with Crippen molar-refractivity contribution >= 4 is 5.91 Å². The molecule has 0 spiro atoms. The van der Waals surface area contributed by atoms with Crippen LogP contribution in [0.5, 0.6) is 0 Å². The lowest BCUT2D eigenvalue weighted by Crippen LogP contribution is -2.39. The average molecular weight is 288 g/mol. The van der Waals surface area contributed by atoms with Gasteiger partial charge in [0.15, 0.2) is 0 Å². The molecule has 0 radical (unpaired) electrons. The van der Waals surface area contributed by atoms with Crippen molar-refractivity contribution in [2.45, 2.75) is 65.7 Å². The van der Waals surface area contributed by atoms with E-state index in [1.807, 2.05) is 0 Å². The lowest BCUT2D eigenvalue weighted by atomic mass is 10.0. The van der Waals surface area contributed by atoms with E-state index < -0.39 is 0 Å². The van der Waals surface area contributed by atoms with Crippen LogP contribution < -0.4 is 5.32 Å². The number of aryl methyl sites for hydroxylation is 1.